The van der Waals surface area contributed by atoms with Crippen LogP contribution in [0.5, 0.6) is 0 Å². The second-order valence-corrected chi connectivity index (χ2v) is 7.73. The standard InChI is InChI=1S/C22H36N4O2/c1-3-23-22(24-11-6-13-27-16-19-10-14-28-17-19)25-15-18(2)26-12-9-20-7-4-5-8-21(20)26/h4-5,7-8,18-19H,3,6,9-17H2,1-2H3,(H2,23,24,25). The number of aliphatic imine (C=N–C) groups is 1. The summed E-state index contributed by atoms with van der Waals surface area (Å²) in [7, 11) is 0. The molecule has 0 bridgehead atoms. The normalized spacial score (nSPS) is 20.3. The van der Waals surface area contributed by atoms with Gasteiger partial charge < -0.3 is 25.0 Å². The first kappa shape index (κ1) is 20.9. The fourth-order valence-electron chi connectivity index (χ4n) is 3.83. The number of anilines is 1. The minimum absolute atomic E-state index is 0.385. The zero-order chi connectivity index (χ0) is 19.6. The molecule has 6 heteroatoms. The molecule has 0 amide bonds. The van der Waals surface area contributed by atoms with E-state index in [1.165, 1.54) is 11.3 Å². The van der Waals surface area contributed by atoms with Gasteiger partial charge in [0.05, 0.1) is 19.8 Å². The first-order valence-corrected chi connectivity index (χ1v) is 10.8. The Bertz CT molecular complexity index is 616. The Morgan fingerprint density at radius 1 is 1.36 bits per heavy atom. The van der Waals surface area contributed by atoms with Gasteiger partial charge in [0.15, 0.2) is 5.96 Å². The van der Waals surface area contributed by atoms with E-state index in [0.717, 1.165) is 77.8 Å². The second-order valence-electron chi connectivity index (χ2n) is 7.73. The number of nitrogens with zero attached hydrogens (tertiary/aromatic N) is 2. The fourth-order valence-corrected chi connectivity index (χ4v) is 3.83. The number of hydrogen-bond donors (Lipinski definition) is 2. The monoisotopic (exact) mass is 388 g/mol. The van der Waals surface area contributed by atoms with E-state index >= 15 is 0 Å². The van der Waals surface area contributed by atoms with Gasteiger partial charge in [-0.1, -0.05) is 18.2 Å². The lowest BCUT2D eigenvalue weighted by atomic mass is 10.1. The molecule has 3 rings (SSSR count). The summed E-state index contributed by atoms with van der Waals surface area (Å²) in [4.78, 5) is 7.28. The first-order chi connectivity index (χ1) is 13.8. The van der Waals surface area contributed by atoms with Crippen molar-refractivity contribution >= 4 is 11.6 Å². The summed E-state index contributed by atoms with van der Waals surface area (Å²) in [6, 6.07) is 9.10. The summed E-state index contributed by atoms with van der Waals surface area (Å²) < 4.78 is 11.1. The molecule has 0 radical (unpaired) electrons. The van der Waals surface area contributed by atoms with Gasteiger partial charge in [0, 0.05) is 50.5 Å². The molecule has 0 saturated carbocycles. The molecule has 1 saturated heterocycles. The summed E-state index contributed by atoms with van der Waals surface area (Å²) in [5, 5.41) is 6.78. The molecule has 0 spiro atoms. The van der Waals surface area contributed by atoms with Crippen LogP contribution in [0.4, 0.5) is 5.69 Å². The lowest BCUT2D eigenvalue weighted by molar-refractivity contribution is 0.0888. The smallest absolute Gasteiger partial charge is 0.191 e. The largest absolute Gasteiger partial charge is 0.381 e. The highest BCUT2D eigenvalue weighted by molar-refractivity contribution is 5.79. The predicted molar refractivity (Wildman–Crippen MR) is 115 cm³/mol. The Balaban J connectivity index is 1.37. The number of guanidine groups is 1. The molecule has 6 nitrogen and oxygen atoms in total. The van der Waals surface area contributed by atoms with Gasteiger partial charge in [-0.15, -0.1) is 0 Å². The van der Waals surface area contributed by atoms with Crippen molar-refractivity contribution in [2.45, 2.75) is 39.2 Å². The quantitative estimate of drug-likeness (QED) is 0.366. The van der Waals surface area contributed by atoms with Crippen LogP contribution in [0.3, 0.4) is 0 Å². The molecule has 2 heterocycles. The van der Waals surface area contributed by atoms with Gasteiger partial charge in [-0.05, 0) is 44.7 Å². The average Bonchev–Trinajstić information content (AvgIpc) is 3.38. The molecule has 2 atom stereocenters. The number of para-hydroxylation sites is 1. The van der Waals surface area contributed by atoms with Crippen molar-refractivity contribution in [3.8, 4) is 0 Å². The van der Waals surface area contributed by atoms with E-state index in [1.54, 1.807) is 0 Å². The third-order valence-corrected chi connectivity index (χ3v) is 5.45. The highest BCUT2D eigenvalue weighted by atomic mass is 16.5. The maximum atomic E-state index is 5.77. The highest BCUT2D eigenvalue weighted by Gasteiger charge is 2.22. The van der Waals surface area contributed by atoms with E-state index in [4.69, 9.17) is 14.5 Å². The maximum Gasteiger partial charge on any atom is 0.191 e. The van der Waals surface area contributed by atoms with Gasteiger partial charge in [0.1, 0.15) is 0 Å². The van der Waals surface area contributed by atoms with E-state index in [-0.39, 0.29) is 0 Å². The van der Waals surface area contributed by atoms with Crippen LogP contribution in [0.1, 0.15) is 32.3 Å². The van der Waals surface area contributed by atoms with Crippen LogP contribution in [0.25, 0.3) is 0 Å². The van der Waals surface area contributed by atoms with E-state index in [0.29, 0.717) is 12.0 Å². The Morgan fingerprint density at radius 3 is 3.07 bits per heavy atom. The molecule has 2 N–H and O–H groups in total. The van der Waals surface area contributed by atoms with Crippen molar-refractivity contribution in [2.75, 3.05) is 57.5 Å². The van der Waals surface area contributed by atoms with E-state index in [2.05, 4.69) is 53.6 Å². The second kappa shape index (κ2) is 11.3. The summed E-state index contributed by atoms with van der Waals surface area (Å²) in [5.41, 5.74) is 2.82. The van der Waals surface area contributed by atoms with Gasteiger partial charge in [0.2, 0.25) is 0 Å². The molecule has 156 valence electrons. The lowest BCUT2D eigenvalue weighted by Gasteiger charge is -2.26. The van der Waals surface area contributed by atoms with Crippen LogP contribution in [0.2, 0.25) is 0 Å². The van der Waals surface area contributed by atoms with Gasteiger partial charge in [-0.2, -0.15) is 0 Å². The summed E-state index contributed by atoms with van der Waals surface area (Å²) in [6.45, 7) is 11.3. The van der Waals surface area contributed by atoms with Crippen molar-refractivity contribution in [2.24, 2.45) is 10.9 Å². The van der Waals surface area contributed by atoms with E-state index < -0.39 is 0 Å². The van der Waals surface area contributed by atoms with E-state index in [1.807, 2.05) is 0 Å². The van der Waals surface area contributed by atoms with Gasteiger partial charge in [0.25, 0.3) is 0 Å². The Morgan fingerprint density at radius 2 is 2.25 bits per heavy atom. The van der Waals surface area contributed by atoms with Crippen molar-refractivity contribution < 1.29 is 9.47 Å². The van der Waals surface area contributed by atoms with Gasteiger partial charge in [-0.25, -0.2) is 0 Å². The van der Waals surface area contributed by atoms with Crippen molar-refractivity contribution in [3.63, 3.8) is 0 Å². The number of nitrogens with one attached hydrogen (secondary N) is 2. The number of rotatable bonds is 10. The number of hydrogen-bond acceptors (Lipinski definition) is 4. The topological polar surface area (TPSA) is 58.1 Å². The summed E-state index contributed by atoms with van der Waals surface area (Å²) in [6.07, 6.45) is 3.25. The summed E-state index contributed by atoms with van der Waals surface area (Å²) >= 11 is 0. The zero-order valence-corrected chi connectivity index (χ0v) is 17.5. The average molecular weight is 389 g/mol. The van der Waals surface area contributed by atoms with E-state index in [9.17, 15) is 0 Å². The Kier molecular flexibility index (Phi) is 8.42. The third kappa shape index (κ3) is 6.11. The van der Waals surface area contributed by atoms with Crippen LogP contribution in [-0.2, 0) is 15.9 Å². The predicted octanol–water partition coefficient (Wildman–Crippen LogP) is 2.44. The van der Waals surface area contributed by atoms with Crippen LogP contribution >= 0.6 is 0 Å². The Labute approximate surface area is 169 Å². The minimum Gasteiger partial charge on any atom is -0.381 e. The molecule has 1 fully saturated rings. The minimum atomic E-state index is 0.385. The third-order valence-electron chi connectivity index (χ3n) is 5.45. The zero-order valence-electron chi connectivity index (χ0n) is 17.5. The molecule has 2 aliphatic rings. The molecule has 1 aromatic rings. The van der Waals surface area contributed by atoms with Crippen molar-refractivity contribution in [1.82, 2.24) is 10.6 Å². The molecule has 28 heavy (non-hydrogen) atoms. The Hall–Kier alpha value is -1.79. The molecular formula is C22H36N4O2. The molecule has 0 aromatic heterocycles. The van der Waals surface area contributed by atoms with Crippen molar-refractivity contribution in [1.29, 1.82) is 0 Å². The molecule has 2 aliphatic heterocycles. The van der Waals surface area contributed by atoms with Crippen LogP contribution in [0.15, 0.2) is 29.3 Å². The molecule has 0 aliphatic carbocycles. The molecule has 1 aromatic carbocycles. The van der Waals surface area contributed by atoms with Crippen LogP contribution in [0, 0.1) is 5.92 Å². The fraction of sp³-hybridized carbons (Fsp3) is 0.682. The maximum absolute atomic E-state index is 5.77. The van der Waals surface area contributed by atoms with Crippen LogP contribution < -0.4 is 15.5 Å². The highest BCUT2D eigenvalue weighted by Crippen LogP contribution is 2.29. The molecular weight excluding hydrogens is 352 g/mol. The number of ether oxygens (including phenoxy) is 2. The van der Waals surface area contributed by atoms with Gasteiger partial charge in [-0.3, -0.25) is 4.99 Å². The van der Waals surface area contributed by atoms with Gasteiger partial charge >= 0.3 is 0 Å². The molecule has 2 unspecified atom stereocenters. The SMILES string of the molecule is CCNC(=NCC(C)N1CCc2ccccc21)NCCCOCC1CCOC1. The summed E-state index contributed by atoms with van der Waals surface area (Å²) in [5.74, 6) is 1.48. The number of benzene rings is 1. The lowest BCUT2D eigenvalue weighted by Crippen LogP contribution is -2.40. The van der Waals surface area contributed by atoms with Crippen LogP contribution in [-0.4, -0.2) is 64.6 Å². The number of fused-ring (bicyclic) bond motifs is 1. The van der Waals surface area contributed by atoms with Crippen molar-refractivity contribution in [3.05, 3.63) is 29.8 Å². The first-order valence-electron chi connectivity index (χ1n) is 10.8.